The number of benzene rings is 2. The molecule has 11 heteroatoms. The number of anilines is 2. The molecule has 0 aromatic heterocycles. The minimum absolute atomic E-state index is 0.0300. The molecule has 0 spiro atoms. The van der Waals surface area contributed by atoms with Crippen LogP contribution >= 0.6 is 23.2 Å². The Balaban J connectivity index is 1.28. The molecular formula is C31H29Cl2N3O6. The number of amides is 4. The summed E-state index contributed by atoms with van der Waals surface area (Å²) in [5, 5.41) is 9.94. The molecule has 2 aromatic rings. The quantitative estimate of drug-likeness (QED) is 0.323. The van der Waals surface area contributed by atoms with Crippen molar-refractivity contribution < 1.29 is 29.0 Å². The van der Waals surface area contributed by atoms with Gasteiger partial charge in [-0.05, 0) is 60.7 Å². The van der Waals surface area contributed by atoms with Gasteiger partial charge in [-0.15, -0.1) is 23.2 Å². The summed E-state index contributed by atoms with van der Waals surface area (Å²) in [5.74, 6) is -4.68. The number of carbonyl (C=O) groups excluding carboxylic acids is 4. The van der Waals surface area contributed by atoms with Crippen LogP contribution in [0.4, 0.5) is 11.4 Å². The number of allylic oxidation sites excluding steroid dienone is 2. The molecule has 2 aromatic carbocycles. The van der Waals surface area contributed by atoms with Crippen LogP contribution < -0.4 is 9.80 Å². The van der Waals surface area contributed by atoms with Gasteiger partial charge in [0.05, 0.1) is 30.7 Å². The van der Waals surface area contributed by atoms with Gasteiger partial charge in [0.1, 0.15) is 5.75 Å². The number of morpholine rings is 1. The average molecular weight is 610 g/mol. The lowest BCUT2D eigenvalue weighted by Gasteiger charge is -2.50. The molecule has 42 heavy (non-hydrogen) atoms. The number of halogens is 2. The average Bonchev–Trinajstić information content (AvgIpc) is 3.33. The number of imide groups is 2. The number of likely N-dealkylation sites (tertiary alicyclic amines) is 1. The van der Waals surface area contributed by atoms with E-state index >= 15 is 0 Å². The highest BCUT2D eigenvalue weighted by molar-refractivity contribution is 6.53. The lowest BCUT2D eigenvalue weighted by molar-refractivity contribution is -0.138. The van der Waals surface area contributed by atoms with E-state index < -0.39 is 45.2 Å². The third-order valence-electron chi connectivity index (χ3n) is 9.72. The molecule has 9 nitrogen and oxygen atoms in total. The Morgan fingerprint density at radius 1 is 0.857 bits per heavy atom. The van der Waals surface area contributed by atoms with Crippen molar-refractivity contribution in [2.24, 2.45) is 17.8 Å². The lowest BCUT2D eigenvalue weighted by Crippen LogP contribution is -2.60. The molecular weight excluding hydrogens is 581 g/mol. The number of carbonyl (C=O) groups is 4. The van der Waals surface area contributed by atoms with E-state index in [9.17, 15) is 24.3 Å². The Kier molecular flexibility index (Phi) is 6.24. The van der Waals surface area contributed by atoms with E-state index in [1.54, 1.807) is 24.3 Å². The summed E-state index contributed by atoms with van der Waals surface area (Å²) < 4.78 is 5.44. The number of hydrogen-bond donors (Lipinski definition) is 1. The zero-order valence-electron chi connectivity index (χ0n) is 22.8. The van der Waals surface area contributed by atoms with Crippen LogP contribution in [0, 0.1) is 17.8 Å². The van der Waals surface area contributed by atoms with Crippen molar-refractivity contribution >= 4 is 58.2 Å². The predicted molar refractivity (Wildman–Crippen MR) is 156 cm³/mol. The molecule has 1 N–H and O–H groups in total. The fourth-order valence-corrected chi connectivity index (χ4v) is 8.69. The van der Waals surface area contributed by atoms with Gasteiger partial charge in [0.15, 0.2) is 9.75 Å². The van der Waals surface area contributed by atoms with Gasteiger partial charge in [-0.3, -0.25) is 29.0 Å². The molecule has 6 atom stereocenters. The van der Waals surface area contributed by atoms with Gasteiger partial charge in [0, 0.05) is 31.7 Å². The second-order valence-corrected chi connectivity index (χ2v) is 13.0. The van der Waals surface area contributed by atoms with E-state index in [1.165, 1.54) is 24.1 Å². The van der Waals surface area contributed by atoms with Crippen LogP contribution in [-0.4, -0.2) is 76.7 Å². The van der Waals surface area contributed by atoms with E-state index in [2.05, 4.69) is 4.90 Å². The second-order valence-electron chi connectivity index (χ2n) is 11.7. The first kappa shape index (κ1) is 27.4. The summed E-state index contributed by atoms with van der Waals surface area (Å²) in [6.07, 6.45) is 2.13. The maximum atomic E-state index is 14.1. The minimum Gasteiger partial charge on any atom is -0.508 e. The van der Waals surface area contributed by atoms with Crippen LogP contribution in [-0.2, 0) is 23.9 Å². The van der Waals surface area contributed by atoms with Crippen molar-refractivity contribution in [1.82, 2.24) is 4.90 Å². The van der Waals surface area contributed by atoms with Crippen molar-refractivity contribution in [1.29, 1.82) is 0 Å². The molecule has 4 amide bonds. The highest BCUT2D eigenvalue weighted by atomic mass is 35.5. The third kappa shape index (κ3) is 3.59. The number of hydrogen-bond acceptors (Lipinski definition) is 7. The van der Waals surface area contributed by atoms with Crippen molar-refractivity contribution in [3.8, 4) is 5.75 Å². The highest BCUT2D eigenvalue weighted by Gasteiger charge is 2.75. The SMILES string of the molecule is CN1C(=O)C2(Cl)CC3C(=CCC4C(=O)N(c5ccc(N6CCOCC6)cc5)C(=O)C43)C(c3ccc(O)cc3)C2(Cl)C1=O. The monoisotopic (exact) mass is 609 g/mol. The Hall–Kier alpha value is -3.40. The maximum Gasteiger partial charge on any atom is 0.253 e. The summed E-state index contributed by atoms with van der Waals surface area (Å²) >= 11 is 14.3. The summed E-state index contributed by atoms with van der Waals surface area (Å²) in [7, 11) is 1.36. The van der Waals surface area contributed by atoms with Crippen LogP contribution in [0.1, 0.15) is 24.3 Å². The number of nitrogens with zero attached hydrogens (tertiary/aromatic N) is 3. The number of aromatic hydroxyl groups is 1. The molecule has 3 aliphatic heterocycles. The van der Waals surface area contributed by atoms with Crippen LogP contribution in [0.2, 0.25) is 0 Å². The maximum absolute atomic E-state index is 14.1. The zero-order chi connectivity index (χ0) is 29.6. The van der Waals surface area contributed by atoms with Gasteiger partial charge in [0.25, 0.3) is 11.8 Å². The van der Waals surface area contributed by atoms with Gasteiger partial charge in [-0.25, -0.2) is 0 Å². The van der Waals surface area contributed by atoms with E-state index in [0.29, 0.717) is 24.5 Å². The largest absolute Gasteiger partial charge is 0.508 e. The Bertz CT molecular complexity index is 1540. The first-order chi connectivity index (χ1) is 20.1. The molecule has 3 saturated heterocycles. The smallest absolute Gasteiger partial charge is 0.253 e. The second kappa shape index (κ2) is 9.56. The standard InChI is InChI=1S/C31H29Cl2N3O6/c1-34-28(40)30(32)16-23-21(25(31(30,33)29(34)41)17-2-8-20(37)9-3-17)10-11-22-24(23)27(39)36(26(22)38)19-6-4-18(5-7-19)35-12-14-42-15-13-35/h2-10,22-25,37H,11-16H2,1H3. The van der Waals surface area contributed by atoms with E-state index in [0.717, 1.165) is 29.2 Å². The molecule has 2 aliphatic carbocycles. The Morgan fingerprint density at radius 2 is 1.50 bits per heavy atom. The number of phenols is 1. The van der Waals surface area contributed by atoms with Gasteiger partial charge >= 0.3 is 0 Å². The third-order valence-corrected chi connectivity index (χ3v) is 11.1. The molecule has 6 unspecified atom stereocenters. The van der Waals surface area contributed by atoms with Crippen LogP contribution in [0.3, 0.4) is 0 Å². The van der Waals surface area contributed by atoms with E-state index in [4.69, 9.17) is 27.9 Å². The molecule has 218 valence electrons. The molecule has 0 bridgehead atoms. The van der Waals surface area contributed by atoms with Crippen molar-refractivity contribution in [3.05, 3.63) is 65.7 Å². The van der Waals surface area contributed by atoms with Gasteiger partial charge in [-0.2, -0.15) is 0 Å². The summed E-state index contributed by atoms with van der Waals surface area (Å²) in [4.78, 5) is 55.8. The normalized spacial score (nSPS) is 34.4. The first-order valence-electron chi connectivity index (χ1n) is 14.1. The lowest BCUT2D eigenvalue weighted by atomic mass is 9.56. The molecule has 4 fully saturated rings. The number of phenolic OH excluding ortho intramolecular Hbond substituents is 1. The number of alkyl halides is 2. The highest BCUT2D eigenvalue weighted by Crippen LogP contribution is 2.65. The summed E-state index contributed by atoms with van der Waals surface area (Å²) in [6.45, 7) is 2.82. The van der Waals surface area contributed by atoms with Crippen LogP contribution in [0.25, 0.3) is 0 Å². The van der Waals surface area contributed by atoms with Crippen molar-refractivity contribution in [3.63, 3.8) is 0 Å². The van der Waals surface area contributed by atoms with Gasteiger partial charge < -0.3 is 14.7 Å². The number of rotatable bonds is 3. The topological polar surface area (TPSA) is 107 Å². The summed E-state index contributed by atoms with van der Waals surface area (Å²) in [6, 6.07) is 13.6. The summed E-state index contributed by atoms with van der Waals surface area (Å²) in [5.41, 5.74) is 2.78. The molecule has 0 radical (unpaired) electrons. The number of fused-ring (bicyclic) bond motifs is 4. The Labute approximate surface area is 252 Å². The zero-order valence-corrected chi connectivity index (χ0v) is 24.3. The van der Waals surface area contributed by atoms with E-state index in [1.807, 2.05) is 18.2 Å². The molecule has 5 aliphatic rings. The fourth-order valence-electron chi connectivity index (χ4n) is 7.67. The molecule has 1 saturated carbocycles. The van der Waals surface area contributed by atoms with Gasteiger partial charge in [0.2, 0.25) is 11.8 Å². The number of ether oxygens (including phenoxy) is 1. The van der Waals surface area contributed by atoms with E-state index in [-0.39, 0.29) is 30.4 Å². The molecule has 3 heterocycles. The van der Waals surface area contributed by atoms with Crippen molar-refractivity contribution in [2.45, 2.75) is 28.5 Å². The Morgan fingerprint density at radius 3 is 2.17 bits per heavy atom. The predicted octanol–water partition coefficient (Wildman–Crippen LogP) is 3.42. The van der Waals surface area contributed by atoms with Crippen molar-refractivity contribution in [2.75, 3.05) is 43.2 Å². The van der Waals surface area contributed by atoms with Crippen LogP contribution in [0.5, 0.6) is 5.75 Å². The fraction of sp³-hybridized carbons (Fsp3) is 0.419. The van der Waals surface area contributed by atoms with Crippen LogP contribution in [0.15, 0.2) is 60.2 Å². The minimum atomic E-state index is -1.84. The van der Waals surface area contributed by atoms with Gasteiger partial charge in [-0.1, -0.05) is 23.8 Å². The first-order valence-corrected chi connectivity index (χ1v) is 14.8. The molecule has 7 rings (SSSR count).